The van der Waals surface area contributed by atoms with Crippen molar-refractivity contribution in [3.63, 3.8) is 0 Å². The highest BCUT2D eigenvalue weighted by Gasteiger charge is 2.30. The van der Waals surface area contributed by atoms with Crippen LogP contribution in [0, 0.1) is 0 Å². The summed E-state index contributed by atoms with van der Waals surface area (Å²) in [5.74, 6) is 0.704. The van der Waals surface area contributed by atoms with Gasteiger partial charge in [0, 0.05) is 36.7 Å². The fourth-order valence-electron chi connectivity index (χ4n) is 4.49. The Hall–Kier alpha value is -3.94. The van der Waals surface area contributed by atoms with E-state index >= 15 is 0 Å². The van der Waals surface area contributed by atoms with E-state index in [0.717, 1.165) is 51.5 Å². The van der Waals surface area contributed by atoms with E-state index in [-0.39, 0.29) is 17.6 Å². The molecule has 1 fully saturated rings. The van der Waals surface area contributed by atoms with Crippen LogP contribution in [0.5, 0.6) is 0 Å². The van der Waals surface area contributed by atoms with Gasteiger partial charge in [0.2, 0.25) is 0 Å². The number of nitrogens with one attached hydrogen (secondary N) is 2. The molecule has 160 valence electrons. The molecule has 0 bridgehead atoms. The summed E-state index contributed by atoms with van der Waals surface area (Å²) < 4.78 is 3.74. The van der Waals surface area contributed by atoms with E-state index in [1.807, 2.05) is 48.3 Å². The van der Waals surface area contributed by atoms with Crippen molar-refractivity contribution < 1.29 is 0 Å². The molecule has 0 spiro atoms. The first-order valence-corrected chi connectivity index (χ1v) is 10.8. The average molecular weight is 425 g/mol. The van der Waals surface area contributed by atoms with Gasteiger partial charge < -0.3 is 14.9 Å². The summed E-state index contributed by atoms with van der Waals surface area (Å²) in [4.78, 5) is 25.8. The van der Waals surface area contributed by atoms with Crippen molar-refractivity contribution in [3.05, 3.63) is 71.3 Å². The van der Waals surface area contributed by atoms with E-state index in [1.165, 1.54) is 0 Å². The minimum atomic E-state index is -0.121. The van der Waals surface area contributed by atoms with Gasteiger partial charge in [-0.05, 0) is 42.8 Å². The molecular formula is C24H23N7O. The number of aromatic nitrogens is 6. The highest BCUT2D eigenvalue weighted by Crippen LogP contribution is 2.38. The third-order valence-electron chi connectivity index (χ3n) is 6.17. The van der Waals surface area contributed by atoms with Crippen molar-refractivity contribution in [1.29, 1.82) is 0 Å². The molecule has 1 aliphatic carbocycles. The number of pyridine rings is 2. The molecule has 4 aromatic heterocycles. The van der Waals surface area contributed by atoms with Crippen molar-refractivity contribution >= 4 is 27.6 Å². The molecule has 6 rings (SSSR count). The van der Waals surface area contributed by atoms with Gasteiger partial charge in [-0.3, -0.25) is 9.48 Å². The maximum Gasteiger partial charge on any atom is 0.259 e. The maximum absolute atomic E-state index is 13.8. The lowest BCUT2D eigenvalue weighted by atomic mass is 10.00. The molecule has 4 heterocycles. The van der Waals surface area contributed by atoms with Crippen LogP contribution in [-0.2, 0) is 7.05 Å². The fraction of sp³-hybridized carbons (Fsp3) is 0.250. The molecule has 1 atom stereocenters. The van der Waals surface area contributed by atoms with Crippen LogP contribution < -0.4 is 10.9 Å². The second kappa shape index (κ2) is 7.05. The highest BCUT2D eigenvalue weighted by atomic mass is 16.1. The molecule has 1 saturated carbocycles. The van der Waals surface area contributed by atoms with Gasteiger partial charge in [-0.1, -0.05) is 18.2 Å². The summed E-state index contributed by atoms with van der Waals surface area (Å²) in [7, 11) is 1.89. The second-order valence-electron chi connectivity index (χ2n) is 8.47. The molecule has 0 aliphatic heterocycles. The predicted molar refractivity (Wildman–Crippen MR) is 125 cm³/mol. The lowest BCUT2D eigenvalue weighted by Crippen LogP contribution is -2.26. The number of aromatic amines is 1. The Morgan fingerprint density at radius 3 is 2.88 bits per heavy atom. The molecule has 0 amide bonds. The number of imidazole rings is 1. The van der Waals surface area contributed by atoms with Crippen LogP contribution in [0.4, 0.5) is 5.82 Å². The zero-order valence-corrected chi connectivity index (χ0v) is 17.9. The standard InChI is InChI=1S/C24H23N7O/c1-14(29-23-22-19(8-9-25-23)26-13-27-22)20-10-15-4-3-5-18(16-11-28-30(2)12-16)21(15)24(32)31(20)17-6-7-17/h3-5,8-14,17H,6-7H2,1-2H3,(H,25,29)(H,26,27)/t14-/m1/s1. The molecule has 0 saturated heterocycles. The molecule has 0 radical (unpaired) electrons. The smallest absolute Gasteiger partial charge is 0.259 e. The molecule has 32 heavy (non-hydrogen) atoms. The van der Waals surface area contributed by atoms with Crippen molar-refractivity contribution in [1.82, 2.24) is 29.3 Å². The largest absolute Gasteiger partial charge is 0.360 e. The summed E-state index contributed by atoms with van der Waals surface area (Å²) in [6.45, 7) is 2.07. The first-order chi connectivity index (χ1) is 15.6. The Balaban J connectivity index is 1.51. The molecule has 5 aromatic rings. The minimum Gasteiger partial charge on any atom is -0.360 e. The first kappa shape index (κ1) is 18.8. The number of benzene rings is 1. The van der Waals surface area contributed by atoms with Gasteiger partial charge in [-0.25, -0.2) is 9.97 Å². The van der Waals surface area contributed by atoms with Crippen molar-refractivity contribution in [3.8, 4) is 11.1 Å². The minimum absolute atomic E-state index is 0.0547. The predicted octanol–water partition coefficient (Wildman–Crippen LogP) is 4.18. The van der Waals surface area contributed by atoms with E-state index in [0.29, 0.717) is 5.82 Å². The van der Waals surface area contributed by atoms with Gasteiger partial charge in [0.25, 0.3) is 5.56 Å². The van der Waals surface area contributed by atoms with E-state index in [1.54, 1.807) is 17.2 Å². The third-order valence-corrected chi connectivity index (χ3v) is 6.17. The average Bonchev–Trinajstić information content (AvgIpc) is 3.33. The Kier molecular flexibility index (Phi) is 4.14. The van der Waals surface area contributed by atoms with Crippen LogP contribution in [0.1, 0.15) is 37.5 Å². The highest BCUT2D eigenvalue weighted by molar-refractivity contribution is 5.96. The van der Waals surface area contributed by atoms with Gasteiger partial charge in [0.05, 0.1) is 29.5 Å². The SMILES string of the molecule is C[C@@H](Nc1nccc2[nH]cnc12)c1cc2cccc(-c3cnn(C)c3)c2c(=O)n1C1CC1. The van der Waals surface area contributed by atoms with Crippen LogP contribution in [0.25, 0.3) is 32.9 Å². The molecule has 0 unspecified atom stereocenters. The third kappa shape index (κ3) is 2.98. The number of hydrogen-bond donors (Lipinski definition) is 2. The number of anilines is 1. The Morgan fingerprint density at radius 1 is 1.22 bits per heavy atom. The van der Waals surface area contributed by atoms with E-state index in [9.17, 15) is 4.79 Å². The lowest BCUT2D eigenvalue weighted by Gasteiger charge is -2.22. The topological polar surface area (TPSA) is 93.4 Å². The second-order valence-corrected chi connectivity index (χ2v) is 8.47. The Labute approximate surface area is 183 Å². The molecule has 8 heteroatoms. The molecule has 8 nitrogen and oxygen atoms in total. The van der Waals surface area contributed by atoms with Crippen molar-refractivity contribution in [2.24, 2.45) is 7.05 Å². The van der Waals surface area contributed by atoms with E-state index in [4.69, 9.17) is 0 Å². The van der Waals surface area contributed by atoms with Gasteiger partial charge in [0.15, 0.2) is 5.82 Å². The summed E-state index contributed by atoms with van der Waals surface area (Å²) in [6, 6.07) is 10.2. The van der Waals surface area contributed by atoms with Gasteiger partial charge in [-0.2, -0.15) is 5.10 Å². The first-order valence-electron chi connectivity index (χ1n) is 10.8. The number of H-pyrrole nitrogens is 1. The zero-order valence-electron chi connectivity index (χ0n) is 17.9. The van der Waals surface area contributed by atoms with Crippen LogP contribution >= 0.6 is 0 Å². The molecule has 1 aliphatic rings. The molecule has 2 N–H and O–H groups in total. The van der Waals surface area contributed by atoms with Gasteiger partial charge in [-0.15, -0.1) is 0 Å². The van der Waals surface area contributed by atoms with Crippen LogP contribution in [-0.4, -0.2) is 29.3 Å². The van der Waals surface area contributed by atoms with Crippen LogP contribution in [0.3, 0.4) is 0 Å². The summed E-state index contributed by atoms with van der Waals surface area (Å²) in [5, 5.41) is 9.46. The molecular weight excluding hydrogens is 402 g/mol. The summed E-state index contributed by atoms with van der Waals surface area (Å²) >= 11 is 0. The number of aryl methyl sites for hydroxylation is 1. The molecule has 1 aromatic carbocycles. The monoisotopic (exact) mass is 425 g/mol. The maximum atomic E-state index is 13.8. The van der Waals surface area contributed by atoms with Gasteiger partial charge >= 0.3 is 0 Å². The number of fused-ring (bicyclic) bond motifs is 2. The van der Waals surface area contributed by atoms with Crippen LogP contribution in [0.2, 0.25) is 0 Å². The Bertz CT molecular complexity index is 1520. The summed E-state index contributed by atoms with van der Waals surface area (Å²) in [5.41, 5.74) is 4.60. The van der Waals surface area contributed by atoms with Crippen LogP contribution in [0.15, 0.2) is 60.0 Å². The number of hydrogen-bond acceptors (Lipinski definition) is 5. The van der Waals surface area contributed by atoms with Crippen molar-refractivity contribution in [2.45, 2.75) is 31.8 Å². The summed E-state index contributed by atoms with van der Waals surface area (Å²) in [6.07, 6.45) is 9.22. The normalized spacial score (nSPS) is 14.8. The quantitative estimate of drug-likeness (QED) is 0.441. The van der Waals surface area contributed by atoms with Crippen molar-refractivity contribution in [2.75, 3.05) is 5.32 Å². The van der Waals surface area contributed by atoms with E-state index < -0.39 is 0 Å². The number of rotatable bonds is 5. The zero-order chi connectivity index (χ0) is 21.8. The Morgan fingerprint density at radius 2 is 2.09 bits per heavy atom. The lowest BCUT2D eigenvalue weighted by molar-refractivity contribution is 0.636. The van der Waals surface area contributed by atoms with E-state index in [2.05, 4.69) is 38.4 Å². The fourth-order valence-corrected chi connectivity index (χ4v) is 4.49. The van der Waals surface area contributed by atoms with Gasteiger partial charge in [0.1, 0.15) is 5.52 Å². The number of nitrogens with zero attached hydrogens (tertiary/aromatic N) is 5.